The van der Waals surface area contributed by atoms with E-state index in [1.807, 2.05) is 0 Å². The number of benzene rings is 2. The van der Waals surface area contributed by atoms with Gasteiger partial charge in [0.15, 0.2) is 17.1 Å². The topological polar surface area (TPSA) is 73.3 Å². The maximum atomic E-state index is 14.1. The summed E-state index contributed by atoms with van der Waals surface area (Å²) in [6.45, 7) is 4.09. The van der Waals surface area contributed by atoms with Crippen molar-refractivity contribution in [2.24, 2.45) is 5.92 Å². The van der Waals surface area contributed by atoms with Crippen LogP contribution in [-0.4, -0.2) is 32.4 Å². The number of likely N-dealkylation sites (tertiary alicyclic amines) is 1. The van der Waals surface area contributed by atoms with Crippen molar-refractivity contribution in [1.82, 2.24) is 0 Å². The van der Waals surface area contributed by atoms with Crippen LogP contribution in [0.1, 0.15) is 31.1 Å². The normalized spacial score (nSPS) is 18.8. The van der Waals surface area contributed by atoms with Crippen LogP contribution in [0.5, 0.6) is 17.2 Å². The van der Waals surface area contributed by atoms with Crippen molar-refractivity contribution in [2.75, 3.05) is 27.3 Å². The lowest BCUT2D eigenvalue weighted by molar-refractivity contribution is -0.919. The summed E-state index contributed by atoms with van der Waals surface area (Å²) >= 11 is 0. The highest BCUT2D eigenvalue weighted by molar-refractivity contribution is 5.87. The number of quaternary nitrogens is 1. The molecule has 9 heteroatoms. The zero-order valence-corrected chi connectivity index (χ0v) is 19.2. The third kappa shape index (κ3) is 4.44. The first-order valence-corrected chi connectivity index (χ1v) is 11.1. The third-order valence-corrected chi connectivity index (χ3v) is 6.48. The number of fused-ring (bicyclic) bond motifs is 1. The maximum absolute atomic E-state index is 14.1. The number of phenolic OH excluding ortho intramolecular Hbond substituents is 1. The Morgan fingerprint density at radius 1 is 1.09 bits per heavy atom. The molecule has 0 bridgehead atoms. The summed E-state index contributed by atoms with van der Waals surface area (Å²) in [5.74, 6) is -0.512. The van der Waals surface area contributed by atoms with Crippen molar-refractivity contribution in [3.63, 3.8) is 0 Å². The van der Waals surface area contributed by atoms with Gasteiger partial charge in [0, 0.05) is 0 Å². The molecule has 1 aliphatic heterocycles. The fourth-order valence-corrected chi connectivity index (χ4v) is 4.53. The monoisotopic (exact) mass is 478 g/mol. The minimum absolute atomic E-state index is 0.00843. The molecule has 1 saturated heterocycles. The number of nitrogens with one attached hydrogen (secondary N) is 1. The van der Waals surface area contributed by atoms with Crippen LogP contribution in [0.25, 0.3) is 22.1 Å². The predicted octanol–water partition coefficient (Wildman–Crippen LogP) is 4.02. The van der Waals surface area contributed by atoms with Gasteiger partial charge in [-0.3, -0.25) is 4.79 Å². The third-order valence-electron chi connectivity index (χ3n) is 6.48. The van der Waals surface area contributed by atoms with Crippen LogP contribution in [0.2, 0.25) is 0 Å². The highest BCUT2D eigenvalue weighted by Crippen LogP contribution is 2.41. The van der Waals surface area contributed by atoms with Gasteiger partial charge >= 0.3 is 6.18 Å². The molecule has 182 valence electrons. The zero-order chi connectivity index (χ0) is 24.6. The second-order valence-electron chi connectivity index (χ2n) is 8.75. The number of phenols is 1. The Kier molecular flexibility index (Phi) is 6.49. The van der Waals surface area contributed by atoms with Gasteiger partial charge in [0.25, 0.3) is 0 Å². The predicted molar refractivity (Wildman–Crippen MR) is 120 cm³/mol. The van der Waals surface area contributed by atoms with Crippen molar-refractivity contribution in [3.05, 3.63) is 51.9 Å². The molecule has 0 atom stereocenters. The Bertz CT molecular complexity index is 1260. The first-order chi connectivity index (χ1) is 16.1. The first-order valence-electron chi connectivity index (χ1n) is 11.1. The van der Waals surface area contributed by atoms with Crippen LogP contribution >= 0.6 is 0 Å². The summed E-state index contributed by atoms with van der Waals surface area (Å²) in [6, 6.07) is 6.74. The quantitative estimate of drug-likeness (QED) is 0.580. The molecule has 1 aromatic heterocycles. The Balaban J connectivity index is 1.93. The molecule has 2 aromatic carbocycles. The number of piperidine rings is 1. The molecular formula is C25H27F3NO5+. The molecule has 34 heavy (non-hydrogen) atoms. The minimum Gasteiger partial charge on any atom is -0.507 e. The van der Waals surface area contributed by atoms with Gasteiger partial charge < -0.3 is 23.9 Å². The number of ether oxygens (including phenoxy) is 2. The molecule has 0 amide bonds. The number of hydrogen-bond donors (Lipinski definition) is 2. The second kappa shape index (κ2) is 9.21. The average Bonchev–Trinajstić information content (AvgIpc) is 2.81. The molecule has 6 nitrogen and oxygen atoms in total. The molecule has 0 radical (unpaired) electrons. The molecule has 0 unspecified atom stereocenters. The molecule has 1 aliphatic rings. The molecular weight excluding hydrogens is 451 g/mol. The van der Waals surface area contributed by atoms with Crippen molar-refractivity contribution in [2.45, 2.75) is 32.5 Å². The number of rotatable bonds is 5. The van der Waals surface area contributed by atoms with Gasteiger partial charge in [-0.15, -0.1) is 0 Å². The molecule has 4 rings (SSSR count). The van der Waals surface area contributed by atoms with Crippen LogP contribution in [0.4, 0.5) is 13.2 Å². The Morgan fingerprint density at radius 2 is 1.76 bits per heavy atom. The average molecular weight is 478 g/mol. The summed E-state index contributed by atoms with van der Waals surface area (Å²) in [5.41, 5.74) is -1.47. The Hall–Kier alpha value is -3.20. The van der Waals surface area contributed by atoms with Crippen LogP contribution in [0.15, 0.2) is 39.5 Å². The second-order valence-corrected chi connectivity index (χ2v) is 8.75. The van der Waals surface area contributed by atoms with Gasteiger partial charge in [0.05, 0.1) is 43.8 Å². The molecule has 0 saturated carbocycles. The number of hydrogen-bond acceptors (Lipinski definition) is 5. The van der Waals surface area contributed by atoms with E-state index in [4.69, 9.17) is 13.9 Å². The highest BCUT2D eigenvalue weighted by Gasteiger charge is 2.40. The van der Waals surface area contributed by atoms with Crippen LogP contribution in [0.3, 0.4) is 0 Å². The summed E-state index contributed by atoms with van der Waals surface area (Å²) in [5, 5.41) is 10.5. The number of methoxy groups -OCH3 is 2. The summed E-state index contributed by atoms with van der Waals surface area (Å²) in [6.07, 6.45) is -2.96. The van der Waals surface area contributed by atoms with Crippen LogP contribution in [0, 0.1) is 5.92 Å². The van der Waals surface area contributed by atoms with Crippen molar-refractivity contribution >= 4 is 11.0 Å². The van der Waals surface area contributed by atoms with E-state index in [1.54, 1.807) is 0 Å². The Morgan fingerprint density at radius 3 is 2.38 bits per heavy atom. The van der Waals surface area contributed by atoms with Crippen LogP contribution < -0.4 is 19.8 Å². The van der Waals surface area contributed by atoms with E-state index >= 15 is 0 Å². The largest absolute Gasteiger partial charge is 0.507 e. The van der Waals surface area contributed by atoms with Gasteiger partial charge in [0.1, 0.15) is 12.3 Å². The summed E-state index contributed by atoms with van der Waals surface area (Å²) < 4.78 is 58.2. The first kappa shape index (κ1) is 23.9. The number of alkyl halides is 3. The molecule has 2 N–H and O–H groups in total. The standard InChI is InChI=1S/C25H26F3NO5/c1-14-8-10-29(11-9-14)13-17-18(30)6-5-16-22(31)21(24(25(26,27)28)34-23(16)17)15-4-7-19(32-2)20(12-15)33-3/h4-7,12,14,30H,8-11,13H2,1-3H3/p+1. The fraction of sp³-hybridized carbons (Fsp3) is 0.400. The molecule has 0 spiro atoms. The van der Waals surface area contributed by atoms with E-state index in [0.29, 0.717) is 11.7 Å². The van der Waals surface area contributed by atoms with Crippen molar-refractivity contribution in [3.8, 4) is 28.4 Å². The van der Waals surface area contributed by atoms with E-state index in [1.165, 1.54) is 44.6 Å². The molecule has 0 aliphatic carbocycles. The highest BCUT2D eigenvalue weighted by atomic mass is 19.4. The van der Waals surface area contributed by atoms with E-state index in [2.05, 4.69) is 6.92 Å². The lowest BCUT2D eigenvalue weighted by atomic mass is 9.97. The summed E-state index contributed by atoms with van der Waals surface area (Å²) in [4.78, 5) is 14.6. The van der Waals surface area contributed by atoms with Gasteiger partial charge in [-0.1, -0.05) is 13.0 Å². The van der Waals surface area contributed by atoms with E-state index in [9.17, 15) is 23.1 Å². The smallest absolute Gasteiger partial charge is 0.450 e. The van der Waals surface area contributed by atoms with Crippen LogP contribution in [-0.2, 0) is 12.7 Å². The SMILES string of the molecule is COc1ccc(-c2c(C(F)(F)F)oc3c(C[NH+]4CCC(C)CC4)c(O)ccc3c2=O)cc1OC. The van der Waals surface area contributed by atoms with Crippen molar-refractivity contribution < 1.29 is 37.1 Å². The molecule has 2 heterocycles. The molecule has 1 fully saturated rings. The van der Waals surface area contributed by atoms with Gasteiger partial charge in [-0.2, -0.15) is 13.2 Å². The summed E-state index contributed by atoms with van der Waals surface area (Å²) in [7, 11) is 2.76. The van der Waals surface area contributed by atoms with E-state index < -0.39 is 22.9 Å². The van der Waals surface area contributed by atoms with Gasteiger partial charge in [-0.25, -0.2) is 0 Å². The van der Waals surface area contributed by atoms with E-state index in [-0.39, 0.29) is 40.1 Å². The minimum atomic E-state index is -4.94. The lowest BCUT2D eigenvalue weighted by Gasteiger charge is -2.27. The maximum Gasteiger partial charge on any atom is 0.450 e. The Labute approximate surface area is 194 Å². The lowest BCUT2D eigenvalue weighted by Crippen LogP contribution is -3.11. The van der Waals surface area contributed by atoms with Gasteiger partial charge in [-0.05, 0) is 48.6 Å². The zero-order valence-electron chi connectivity index (χ0n) is 19.2. The van der Waals surface area contributed by atoms with Crippen molar-refractivity contribution in [1.29, 1.82) is 0 Å². The number of halogens is 3. The molecule has 3 aromatic rings. The van der Waals surface area contributed by atoms with E-state index in [0.717, 1.165) is 30.8 Å². The fourth-order valence-electron chi connectivity index (χ4n) is 4.53. The van der Waals surface area contributed by atoms with Gasteiger partial charge in [0.2, 0.25) is 11.2 Å². The number of aromatic hydroxyl groups is 1.